The molecule has 0 saturated carbocycles. The third-order valence-electron chi connectivity index (χ3n) is 2.10. The summed E-state index contributed by atoms with van der Waals surface area (Å²) in [6.45, 7) is 4.01. The molecule has 0 spiro atoms. The predicted octanol–water partition coefficient (Wildman–Crippen LogP) is 2.76. The maximum Gasteiger partial charge on any atom is 0.149 e. The van der Waals surface area contributed by atoms with E-state index >= 15 is 0 Å². The molecule has 0 atom stereocenters. The van der Waals surface area contributed by atoms with E-state index in [1.807, 2.05) is 24.5 Å². The summed E-state index contributed by atoms with van der Waals surface area (Å²) in [6.07, 6.45) is 1.68. The van der Waals surface area contributed by atoms with Crippen LogP contribution in [0.1, 0.15) is 19.9 Å². The van der Waals surface area contributed by atoms with Crippen molar-refractivity contribution in [1.29, 1.82) is 0 Å². The largest absolute Gasteiger partial charge is 0.326 e. The first-order chi connectivity index (χ1) is 6.20. The zero-order valence-electron chi connectivity index (χ0n) is 7.66. The third kappa shape index (κ3) is 1.20. The van der Waals surface area contributed by atoms with Gasteiger partial charge in [0.05, 0.1) is 11.8 Å². The topological polar surface area (TPSA) is 17.8 Å². The Morgan fingerprint density at radius 3 is 2.85 bits per heavy atom. The zero-order chi connectivity index (χ0) is 9.42. The quantitative estimate of drug-likeness (QED) is 0.656. The van der Waals surface area contributed by atoms with Gasteiger partial charge in [-0.05, 0) is 26.0 Å². The number of benzene rings is 1. The van der Waals surface area contributed by atoms with Gasteiger partial charge in [-0.15, -0.1) is 0 Å². The number of fused-ring (bicyclic) bond motifs is 1. The fourth-order valence-corrected chi connectivity index (χ4v) is 1.44. The number of hydrogen-bond donors (Lipinski definition) is 0. The maximum atomic E-state index is 13.4. The molecule has 0 N–H and O–H groups in total. The Balaban J connectivity index is 2.79. The molecule has 13 heavy (non-hydrogen) atoms. The fourth-order valence-electron chi connectivity index (χ4n) is 1.44. The minimum Gasteiger partial charge on any atom is -0.326 e. The fraction of sp³-hybridized carbons (Fsp3) is 0.300. The normalized spacial score (nSPS) is 11.4. The Labute approximate surface area is 76.0 Å². The van der Waals surface area contributed by atoms with E-state index in [4.69, 9.17) is 0 Å². The molecule has 3 heteroatoms. The maximum absolute atomic E-state index is 13.4. The molecule has 2 aromatic rings. The third-order valence-corrected chi connectivity index (χ3v) is 2.10. The van der Waals surface area contributed by atoms with Gasteiger partial charge in [-0.25, -0.2) is 9.37 Å². The number of aromatic nitrogens is 2. The Kier molecular flexibility index (Phi) is 1.79. The van der Waals surface area contributed by atoms with Gasteiger partial charge >= 0.3 is 0 Å². The predicted molar refractivity (Wildman–Crippen MR) is 50.1 cm³/mol. The molecule has 1 heterocycles. The van der Waals surface area contributed by atoms with Gasteiger partial charge in [0.25, 0.3) is 0 Å². The van der Waals surface area contributed by atoms with Crippen molar-refractivity contribution >= 4 is 11.0 Å². The molecule has 0 aliphatic heterocycles. The van der Waals surface area contributed by atoms with Crippen LogP contribution in [0.25, 0.3) is 11.0 Å². The van der Waals surface area contributed by atoms with E-state index in [9.17, 15) is 4.39 Å². The molecule has 0 aliphatic rings. The number of nitrogens with zero attached hydrogens (tertiary/aromatic N) is 2. The van der Waals surface area contributed by atoms with E-state index in [1.165, 1.54) is 6.07 Å². The highest BCUT2D eigenvalue weighted by atomic mass is 19.1. The van der Waals surface area contributed by atoms with Crippen LogP contribution in [-0.4, -0.2) is 9.55 Å². The Hall–Kier alpha value is -1.38. The first-order valence-electron chi connectivity index (χ1n) is 4.31. The van der Waals surface area contributed by atoms with E-state index in [0.29, 0.717) is 11.0 Å². The summed E-state index contributed by atoms with van der Waals surface area (Å²) in [5, 5.41) is 0. The van der Waals surface area contributed by atoms with E-state index in [2.05, 4.69) is 4.98 Å². The van der Waals surface area contributed by atoms with Crippen LogP contribution < -0.4 is 0 Å². The van der Waals surface area contributed by atoms with Crippen molar-refractivity contribution in [2.75, 3.05) is 0 Å². The van der Waals surface area contributed by atoms with Crippen LogP contribution in [0.2, 0.25) is 0 Å². The minimum atomic E-state index is -0.205. The number of rotatable bonds is 1. The summed E-state index contributed by atoms with van der Waals surface area (Å²) in [7, 11) is 0. The summed E-state index contributed by atoms with van der Waals surface area (Å²) in [6, 6.07) is 5.19. The molecule has 68 valence electrons. The number of halogens is 1. The van der Waals surface area contributed by atoms with Crippen molar-refractivity contribution in [2.45, 2.75) is 19.9 Å². The lowest BCUT2D eigenvalue weighted by atomic mass is 10.3. The minimum absolute atomic E-state index is 0.205. The lowest BCUT2D eigenvalue weighted by molar-refractivity contribution is 0.586. The molecule has 0 radical (unpaired) electrons. The summed E-state index contributed by atoms with van der Waals surface area (Å²) < 4.78 is 15.2. The second kappa shape index (κ2) is 2.83. The Morgan fingerprint density at radius 2 is 2.15 bits per heavy atom. The summed E-state index contributed by atoms with van der Waals surface area (Å²) >= 11 is 0. The Bertz CT molecular complexity index is 431. The standard InChI is InChI=1S/C10H11FN2/c1-7(2)13-6-12-9-5-3-4-8(11)10(9)13/h3-7H,1-2H3. The van der Waals surface area contributed by atoms with E-state index in [1.54, 1.807) is 12.4 Å². The second-order valence-electron chi connectivity index (χ2n) is 3.35. The molecule has 1 aromatic carbocycles. The average Bonchev–Trinajstić information content (AvgIpc) is 2.49. The second-order valence-corrected chi connectivity index (χ2v) is 3.35. The van der Waals surface area contributed by atoms with Gasteiger partial charge in [0.2, 0.25) is 0 Å². The van der Waals surface area contributed by atoms with Crippen LogP contribution in [0.4, 0.5) is 4.39 Å². The van der Waals surface area contributed by atoms with E-state index < -0.39 is 0 Å². The van der Waals surface area contributed by atoms with Crippen molar-refractivity contribution in [3.63, 3.8) is 0 Å². The van der Waals surface area contributed by atoms with Crippen LogP contribution in [0.15, 0.2) is 24.5 Å². The molecule has 0 fully saturated rings. The van der Waals surface area contributed by atoms with Crippen molar-refractivity contribution in [1.82, 2.24) is 9.55 Å². The lowest BCUT2D eigenvalue weighted by Gasteiger charge is -2.07. The molecular formula is C10H11FN2. The number of para-hydroxylation sites is 1. The molecule has 1 aromatic heterocycles. The SMILES string of the molecule is CC(C)n1cnc2cccc(F)c21. The van der Waals surface area contributed by atoms with Crippen molar-refractivity contribution in [3.8, 4) is 0 Å². The van der Waals surface area contributed by atoms with Gasteiger partial charge in [0, 0.05) is 6.04 Å². The highest BCUT2D eigenvalue weighted by Gasteiger charge is 2.08. The summed E-state index contributed by atoms with van der Waals surface area (Å²) in [5.74, 6) is -0.205. The first kappa shape index (κ1) is 8.23. The van der Waals surface area contributed by atoms with Gasteiger partial charge in [-0.1, -0.05) is 6.07 Å². The van der Waals surface area contributed by atoms with Crippen molar-refractivity contribution < 1.29 is 4.39 Å². The molecule has 0 unspecified atom stereocenters. The number of imidazole rings is 1. The molecule has 0 amide bonds. The average molecular weight is 178 g/mol. The lowest BCUT2D eigenvalue weighted by Crippen LogP contribution is -1.99. The number of hydrogen-bond acceptors (Lipinski definition) is 1. The molecular weight excluding hydrogens is 167 g/mol. The molecule has 2 rings (SSSR count). The van der Waals surface area contributed by atoms with Crippen LogP contribution in [0.3, 0.4) is 0 Å². The Morgan fingerprint density at radius 1 is 1.38 bits per heavy atom. The highest BCUT2D eigenvalue weighted by Crippen LogP contribution is 2.19. The van der Waals surface area contributed by atoms with Gasteiger partial charge < -0.3 is 4.57 Å². The first-order valence-corrected chi connectivity index (χ1v) is 4.31. The highest BCUT2D eigenvalue weighted by molar-refractivity contribution is 5.75. The van der Waals surface area contributed by atoms with E-state index in [0.717, 1.165) is 0 Å². The summed E-state index contributed by atoms with van der Waals surface area (Å²) in [5.41, 5.74) is 1.31. The van der Waals surface area contributed by atoms with Crippen LogP contribution >= 0.6 is 0 Å². The van der Waals surface area contributed by atoms with Gasteiger partial charge in [0.1, 0.15) is 11.3 Å². The van der Waals surface area contributed by atoms with Gasteiger partial charge in [0.15, 0.2) is 0 Å². The van der Waals surface area contributed by atoms with Crippen LogP contribution in [0.5, 0.6) is 0 Å². The molecule has 2 nitrogen and oxygen atoms in total. The molecule has 0 aliphatic carbocycles. The van der Waals surface area contributed by atoms with E-state index in [-0.39, 0.29) is 11.9 Å². The zero-order valence-corrected chi connectivity index (χ0v) is 7.66. The molecule has 0 saturated heterocycles. The van der Waals surface area contributed by atoms with Crippen LogP contribution in [-0.2, 0) is 0 Å². The van der Waals surface area contributed by atoms with Crippen molar-refractivity contribution in [2.24, 2.45) is 0 Å². The van der Waals surface area contributed by atoms with Gasteiger partial charge in [-0.3, -0.25) is 0 Å². The van der Waals surface area contributed by atoms with Crippen LogP contribution in [0, 0.1) is 5.82 Å². The summed E-state index contributed by atoms with van der Waals surface area (Å²) in [4.78, 5) is 4.12. The van der Waals surface area contributed by atoms with Crippen molar-refractivity contribution in [3.05, 3.63) is 30.3 Å². The molecule has 0 bridgehead atoms. The monoisotopic (exact) mass is 178 g/mol. The van der Waals surface area contributed by atoms with Gasteiger partial charge in [-0.2, -0.15) is 0 Å². The smallest absolute Gasteiger partial charge is 0.149 e.